The van der Waals surface area contributed by atoms with Gasteiger partial charge in [0.1, 0.15) is 0 Å². The summed E-state index contributed by atoms with van der Waals surface area (Å²) in [4.78, 5) is 2.53. The highest BCUT2D eigenvalue weighted by molar-refractivity contribution is 5.39. The zero-order valence-corrected chi connectivity index (χ0v) is 13.9. The van der Waals surface area contributed by atoms with E-state index < -0.39 is 0 Å². The number of rotatable bonds is 2. The fourth-order valence-corrected chi connectivity index (χ4v) is 3.83. The number of fused-ring (bicyclic) bond motifs is 1. The number of methoxy groups -OCH3 is 2. The Kier molecular flexibility index (Phi) is 4.59. The molecule has 2 unspecified atom stereocenters. The van der Waals surface area contributed by atoms with Crippen molar-refractivity contribution < 1.29 is 14.2 Å². The average Bonchev–Trinajstić information content (AvgIpc) is 3.22. The molecule has 4 heteroatoms. The summed E-state index contributed by atoms with van der Waals surface area (Å²) < 4.78 is 15.6. The highest BCUT2D eigenvalue weighted by atomic mass is 16.6. The number of nitrogens with zero attached hydrogens (tertiary/aromatic N) is 1. The smallest absolute Gasteiger partial charge is 0.160 e. The van der Waals surface area contributed by atoms with Crippen LogP contribution in [-0.2, 0) is 4.74 Å². The van der Waals surface area contributed by atoms with Gasteiger partial charge in [0, 0.05) is 6.04 Å². The van der Waals surface area contributed by atoms with Crippen LogP contribution in [0.15, 0.2) is 24.3 Å². The van der Waals surface area contributed by atoms with E-state index in [1.165, 1.54) is 32.2 Å². The Morgan fingerprint density at radius 3 is 2.32 bits per heavy atom. The van der Waals surface area contributed by atoms with Gasteiger partial charge in [0.25, 0.3) is 0 Å². The molecule has 0 bridgehead atoms. The second-order valence-corrected chi connectivity index (χ2v) is 6.67. The zero-order valence-electron chi connectivity index (χ0n) is 13.9. The predicted octanol–water partition coefficient (Wildman–Crippen LogP) is 2.96. The van der Waals surface area contributed by atoms with E-state index in [1.807, 2.05) is 24.3 Å². The van der Waals surface area contributed by atoms with E-state index in [9.17, 15) is 0 Å². The van der Waals surface area contributed by atoms with Crippen LogP contribution in [0, 0.1) is 5.92 Å². The Balaban J connectivity index is 0.000000134. The van der Waals surface area contributed by atoms with Crippen molar-refractivity contribution in [2.24, 2.45) is 5.92 Å². The Bertz CT molecular complexity index is 478. The highest BCUT2D eigenvalue weighted by Gasteiger charge is 2.52. The van der Waals surface area contributed by atoms with Crippen LogP contribution in [0.1, 0.15) is 25.7 Å². The number of para-hydroxylation sites is 2. The molecule has 2 saturated heterocycles. The quantitative estimate of drug-likeness (QED) is 0.787. The van der Waals surface area contributed by atoms with Gasteiger partial charge in [-0.15, -0.1) is 0 Å². The first kappa shape index (κ1) is 15.6. The van der Waals surface area contributed by atoms with Gasteiger partial charge in [-0.2, -0.15) is 0 Å². The summed E-state index contributed by atoms with van der Waals surface area (Å²) in [5.74, 6) is 2.53. The SMILES string of the molecule is CN1CCC2CCC3(CO3)C[C@@H]21.COc1ccccc1OC. The van der Waals surface area contributed by atoms with E-state index in [-0.39, 0.29) is 0 Å². The maximum atomic E-state index is 5.57. The van der Waals surface area contributed by atoms with Gasteiger partial charge < -0.3 is 19.1 Å². The molecule has 0 radical (unpaired) electrons. The molecule has 1 saturated carbocycles. The van der Waals surface area contributed by atoms with Gasteiger partial charge >= 0.3 is 0 Å². The van der Waals surface area contributed by atoms with Crippen LogP contribution in [0.25, 0.3) is 0 Å². The lowest BCUT2D eigenvalue weighted by molar-refractivity contribution is 0.133. The van der Waals surface area contributed by atoms with Crippen molar-refractivity contribution >= 4 is 0 Å². The predicted molar refractivity (Wildman–Crippen MR) is 86.6 cm³/mol. The van der Waals surface area contributed by atoms with Crippen LogP contribution in [-0.4, -0.2) is 51.0 Å². The minimum absolute atomic E-state index is 0.361. The van der Waals surface area contributed by atoms with Crippen LogP contribution in [0.5, 0.6) is 11.5 Å². The highest BCUT2D eigenvalue weighted by Crippen LogP contribution is 2.47. The standard InChI is InChI=1S/C10H17NO.C8H10O2/c1-11-5-3-8-2-4-10(7-12-10)6-9(8)11;1-9-7-5-3-4-6-8(7)10-2/h8-9H,2-7H2,1H3;3-6H,1-2H3/t8?,9-,10?;/m0./s1. The maximum Gasteiger partial charge on any atom is 0.160 e. The molecule has 4 nitrogen and oxygen atoms in total. The molecule has 0 aromatic heterocycles. The van der Waals surface area contributed by atoms with E-state index in [4.69, 9.17) is 14.2 Å². The van der Waals surface area contributed by atoms with Gasteiger partial charge in [0.05, 0.1) is 26.4 Å². The van der Waals surface area contributed by atoms with Crippen molar-refractivity contribution in [3.05, 3.63) is 24.3 Å². The van der Waals surface area contributed by atoms with E-state index >= 15 is 0 Å². The normalized spacial score (nSPS) is 32.9. The molecule has 1 spiro atoms. The number of likely N-dealkylation sites (tertiary alicyclic amines) is 1. The molecule has 2 heterocycles. The number of benzene rings is 1. The van der Waals surface area contributed by atoms with E-state index in [0.29, 0.717) is 5.60 Å². The summed E-state index contributed by atoms with van der Waals surface area (Å²) in [6, 6.07) is 8.38. The minimum atomic E-state index is 0.361. The number of hydrogen-bond acceptors (Lipinski definition) is 4. The summed E-state index contributed by atoms with van der Waals surface area (Å²) in [7, 11) is 5.52. The molecule has 4 rings (SSSR count). The molecular weight excluding hydrogens is 278 g/mol. The lowest BCUT2D eigenvalue weighted by Crippen LogP contribution is -2.38. The van der Waals surface area contributed by atoms with Crippen molar-refractivity contribution in [3.63, 3.8) is 0 Å². The van der Waals surface area contributed by atoms with Gasteiger partial charge in [-0.3, -0.25) is 0 Å². The third-order valence-electron chi connectivity index (χ3n) is 5.36. The van der Waals surface area contributed by atoms with Gasteiger partial charge in [-0.05, 0) is 57.3 Å². The molecule has 1 aromatic rings. The first-order chi connectivity index (χ1) is 10.7. The number of epoxide rings is 1. The third-order valence-corrected chi connectivity index (χ3v) is 5.36. The van der Waals surface area contributed by atoms with Crippen molar-refractivity contribution in [3.8, 4) is 11.5 Å². The van der Waals surface area contributed by atoms with Gasteiger partial charge in [-0.1, -0.05) is 12.1 Å². The van der Waals surface area contributed by atoms with E-state index in [0.717, 1.165) is 30.1 Å². The van der Waals surface area contributed by atoms with Crippen molar-refractivity contribution in [1.29, 1.82) is 0 Å². The molecule has 0 amide bonds. The summed E-state index contributed by atoms with van der Waals surface area (Å²) in [6.07, 6.45) is 5.49. The lowest BCUT2D eigenvalue weighted by Gasteiger charge is -2.33. The van der Waals surface area contributed by atoms with E-state index in [2.05, 4.69) is 11.9 Å². The average molecular weight is 305 g/mol. The van der Waals surface area contributed by atoms with Crippen molar-refractivity contribution in [1.82, 2.24) is 4.90 Å². The summed E-state index contributed by atoms with van der Waals surface area (Å²) in [5.41, 5.74) is 0.361. The molecule has 2 aliphatic heterocycles. The monoisotopic (exact) mass is 305 g/mol. The second-order valence-electron chi connectivity index (χ2n) is 6.67. The van der Waals surface area contributed by atoms with Crippen LogP contribution >= 0.6 is 0 Å². The Labute approximate surface area is 133 Å². The second kappa shape index (κ2) is 6.47. The van der Waals surface area contributed by atoms with Crippen molar-refractivity contribution in [2.45, 2.75) is 37.3 Å². The van der Waals surface area contributed by atoms with Gasteiger partial charge in [-0.25, -0.2) is 0 Å². The first-order valence-electron chi connectivity index (χ1n) is 8.19. The van der Waals surface area contributed by atoms with Gasteiger partial charge in [0.15, 0.2) is 11.5 Å². The largest absolute Gasteiger partial charge is 0.493 e. The number of hydrogen-bond donors (Lipinski definition) is 0. The van der Waals surface area contributed by atoms with Crippen LogP contribution in [0.3, 0.4) is 0 Å². The molecular formula is C18H27NO3. The number of ether oxygens (including phenoxy) is 3. The molecule has 22 heavy (non-hydrogen) atoms. The third kappa shape index (κ3) is 3.23. The van der Waals surface area contributed by atoms with Crippen molar-refractivity contribution in [2.75, 3.05) is 34.4 Å². The van der Waals surface area contributed by atoms with Crippen LogP contribution < -0.4 is 9.47 Å². The molecule has 122 valence electrons. The van der Waals surface area contributed by atoms with E-state index in [1.54, 1.807) is 14.2 Å². The van der Waals surface area contributed by atoms with Crippen LogP contribution in [0.2, 0.25) is 0 Å². The molecule has 3 atom stereocenters. The zero-order chi connectivity index (χ0) is 15.6. The Morgan fingerprint density at radius 2 is 1.77 bits per heavy atom. The molecule has 3 fully saturated rings. The Hall–Kier alpha value is -1.26. The first-order valence-corrected chi connectivity index (χ1v) is 8.19. The fourth-order valence-electron chi connectivity index (χ4n) is 3.83. The molecule has 1 aromatic carbocycles. The summed E-state index contributed by atoms with van der Waals surface area (Å²) in [5, 5.41) is 0. The minimum Gasteiger partial charge on any atom is -0.493 e. The molecule has 0 N–H and O–H groups in total. The lowest BCUT2D eigenvalue weighted by atomic mass is 9.79. The summed E-state index contributed by atoms with van der Waals surface area (Å²) >= 11 is 0. The molecule has 1 aliphatic carbocycles. The van der Waals surface area contributed by atoms with Crippen LogP contribution in [0.4, 0.5) is 0 Å². The topological polar surface area (TPSA) is 34.2 Å². The fraction of sp³-hybridized carbons (Fsp3) is 0.667. The summed E-state index contributed by atoms with van der Waals surface area (Å²) in [6.45, 7) is 2.36. The maximum absolute atomic E-state index is 5.57. The molecule has 3 aliphatic rings. The Morgan fingerprint density at radius 1 is 1.14 bits per heavy atom. The van der Waals surface area contributed by atoms with Gasteiger partial charge in [0.2, 0.25) is 0 Å².